The fourth-order valence-electron chi connectivity index (χ4n) is 4.65. The molecule has 36 heavy (non-hydrogen) atoms. The Hall–Kier alpha value is -3.71. The summed E-state index contributed by atoms with van der Waals surface area (Å²) in [7, 11) is 0. The predicted molar refractivity (Wildman–Crippen MR) is 139 cm³/mol. The van der Waals surface area contributed by atoms with Crippen molar-refractivity contribution in [1.29, 1.82) is 0 Å². The van der Waals surface area contributed by atoms with Gasteiger partial charge in [-0.3, -0.25) is 14.6 Å². The number of carbonyl (C=O) groups excluding carboxylic acids is 2. The zero-order valence-electron chi connectivity index (χ0n) is 20.3. The van der Waals surface area contributed by atoms with Crippen LogP contribution in [-0.2, 0) is 0 Å². The number of carbonyl (C=O) groups is 3. The third kappa shape index (κ3) is 5.11. The van der Waals surface area contributed by atoms with E-state index in [1.807, 2.05) is 38.1 Å². The lowest BCUT2D eigenvalue weighted by Gasteiger charge is -2.19. The number of pyridine rings is 1. The van der Waals surface area contributed by atoms with Gasteiger partial charge < -0.3 is 14.9 Å². The number of amides is 2. The molecular weight excluding hydrogens is 478 g/mol. The van der Waals surface area contributed by atoms with E-state index in [4.69, 9.17) is 11.6 Å². The molecule has 1 aliphatic heterocycles. The molecule has 1 unspecified atom stereocenters. The molecule has 2 heterocycles. The molecule has 0 spiro atoms. The number of aromatic carboxylic acids is 1. The Morgan fingerprint density at radius 2 is 1.75 bits per heavy atom. The van der Waals surface area contributed by atoms with Crippen molar-refractivity contribution >= 4 is 29.4 Å². The van der Waals surface area contributed by atoms with Gasteiger partial charge in [0.1, 0.15) is 5.69 Å². The Bertz CT molecular complexity index is 1290. The highest BCUT2D eigenvalue weighted by Gasteiger charge is 2.31. The number of aromatic nitrogens is 1. The number of hydrogen-bond donors (Lipinski definition) is 1. The highest BCUT2D eigenvalue weighted by atomic mass is 35.5. The number of rotatable bonds is 7. The Morgan fingerprint density at radius 3 is 2.42 bits per heavy atom. The Labute approximate surface area is 215 Å². The van der Waals surface area contributed by atoms with Crippen molar-refractivity contribution in [2.24, 2.45) is 0 Å². The molecule has 0 bridgehead atoms. The van der Waals surface area contributed by atoms with Gasteiger partial charge in [0, 0.05) is 43.9 Å². The number of hydrogen-bond acceptors (Lipinski definition) is 4. The number of carboxylic acid groups (broad SMARTS) is 1. The van der Waals surface area contributed by atoms with Crippen molar-refractivity contribution in [2.45, 2.75) is 26.2 Å². The normalized spacial score (nSPS) is 15.1. The van der Waals surface area contributed by atoms with Crippen molar-refractivity contribution in [3.8, 4) is 11.1 Å². The van der Waals surface area contributed by atoms with E-state index in [2.05, 4.69) is 4.98 Å². The van der Waals surface area contributed by atoms with Crippen molar-refractivity contribution in [3.63, 3.8) is 0 Å². The second-order valence-electron chi connectivity index (χ2n) is 8.73. The summed E-state index contributed by atoms with van der Waals surface area (Å²) in [6.45, 7) is 6.02. The zero-order valence-corrected chi connectivity index (χ0v) is 21.0. The van der Waals surface area contributed by atoms with Gasteiger partial charge in [0.2, 0.25) is 0 Å². The molecule has 0 saturated carbocycles. The van der Waals surface area contributed by atoms with Gasteiger partial charge in [-0.25, -0.2) is 4.79 Å². The van der Waals surface area contributed by atoms with Crippen LogP contribution in [0.3, 0.4) is 0 Å². The van der Waals surface area contributed by atoms with Crippen LogP contribution in [0.2, 0.25) is 5.02 Å². The SMILES string of the molecule is CCN(CC)C(=O)c1ccc(-c2ccc(Cl)c(C(=O)N3CCC(c4ccccc4C(=O)O)C3)c2)cn1. The summed E-state index contributed by atoms with van der Waals surface area (Å²) in [6, 6.07) is 15.7. The molecule has 1 atom stereocenters. The third-order valence-electron chi connectivity index (χ3n) is 6.67. The van der Waals surface area contributed by atoms with Crippen molar-refractivity contribution in [3.05, 3.63) is 88.2 Å². The molecule has 186 valence electrons. The summed E-state index contributed by atoms with van der Waals surface area (Å²) in [6.07, 6.45) is 2.31. The summed E-state index contributed by atoms with van der Waals surface area (Å²) < 4.78 is 0. The molecule has 0 aliphatic carbocycles. The highest BCUT2D eigenvalue weighted by molar-refractivity contribution is 6.34. The predicted octanol–water partition coefficient (Wildman–Crippen LogP) is 5.21. The first-order valence-electron chi connectivity index (χ1n) is 12.0. The fraction of sp³-hybridized carbons (Fsp3) is 0.286. The molecule has 1 aliphatic rings. The van der Waals surface area contributed by atoms with Gasteiger partial charge in [0.05, 0.1) is 16.1 Å². The van der Waals surface area contributed by atoms with Gasteiger partial charge >= 0.3 is 5.97 Å². The number of halogens is 1. The van der Waals surface area contributed by atoms with E-state index in [0.717, 1.165) is 16.7 Å². The standard InChI is InChI=1S/C28H28ClN3O4/c1-3-31(4-2)27(34)25-12-10-19(16-30-25)18-9-11-24(29)23(15-18)26(33)32-14-13-20(17-32)21-7-5-6-8-22(21)28(35)36/h5-12,15-16,20H,3-4,13-14,17H2,1-2H3,(H,35,36). The van der Waals surface area contributed by atoms with Crippen LogP contribution < -0.4 is 0 Å². The van der Waals surface area contributed by atoms with Gasteiger partial charge in [-0.15, -0.1) is 0 Å². The highest BCUT2D eigenvalue weighted by Crippen LogP contribution is 2.32. The van der Waals surface area contributed by atoms with Gasteiger partial charge in [-0.1, -0.05) is 41.9 Å². The van der Waals surface area contributed by atoms with Crippen LogP contribution in [0.4, 0.5) is 0 Å². The van der Waals surface area contributed by atoms with Crippen LogP contribution >= 0.6 is 11.6 Å². The largest absolute Gasteiger partial charge is 0.478 e. The van der Waals surface area contributed by atoms with E-state index < -0.39 is 5.97 Å². The zero-order chi connectivity index (χ0) is 25.8. The topological polar surface area (TPSA) is 90.8 Å². The van der Waals surface area contributed by atoms with E-state index in [-0.39, 0.29) is 23.3 Å². The first-order valence-corrected chi connectivity index (χ1v) is 12.4. The van der Waals surface area contributed by atoms with Crippen molar-refractivity contribution in [2.75, 3.05) is 26.2 Å². The molecule has 2 aromatic carbocycles. The van der Waals surface area contributed by atoms with Gasteiger partial charge in [-0.05, 0) is 55.7 Å². The maximum atomic E-state index is 13.4. The second kappa shape index (κ2) is 10.9. The minimum absolute atomic E-state index is 0.0525. The van der Waals surface area contributed by atoms with Crippen LogP contribution in [0.5, 0.6) is 0 Å². The minimum atomic E-state index is -0.968. The van der Waals surface area contributed by atoms with Crippen LogP contribution in [0.15, 0.2) is 60.8 Å². The maximum absolute atomic E-state index is 13.4. The summed E-state index contributed by atoms with van der Waals surface area (Å²) >= 11 is 6.42. The average molecular weight is 506 g/mol. The van der Waals surface area contributed by atoms with E-state index in [0.29, 0.717) is 48.9 Å². The molecule has 0 radical (unpaired) electrons. The molecule has 1 saturated heterocycles. The fourth-order valence-corrected chi connectivity index (χ4v) is 4.85. The lowest BCUT2D eigenvalue weighted by atomic mass is 9.93. The molecule has 2 amide bonds. The lowest BCUT2D eigenvalue weighted by Crippen LogP contribution is -2.31. The number of nitrogens with zero attached hydrogens (tertiary/aromatic N) is 3. The second-order valence-corrected chi connectivity index (χ2v) is 9.14. The summed E-state index contributed by atoms with van der Waals surface area (Å²) in [5.41, 5.74) is 3.30. The quantitative estimate of drug-likeness (QED) is 0.476. The van der Waals surface area contributed by atoms with Gasteiger partial charge in [-0.2, -0.15) is 0 Å². The molecule has 1 N–H and O–H groups in total. The van der Waals surface area contributed by atoms with Crippen LogP contribution in [0.25, 0.3) is 11.1 Å². The Kier molecular flexibility index (Phi) is 7.70. The number of carboxylic acids is 1. The summed E-state index contributed by atoms with van der Waals surface area (Å²) in [5.74, 6) is -1.34. The maximum Gasteiger partial charge on any atom is 0.335 e. The monoisotopic (exact) mass is 505 g/mol. The number of likely N-dealkylation sites (tertiary alicyclic amines) is 1. The van der Waals surface area contributed by atoms with Crippen LogP contribution in [0, 0.1) is 0 Å². The molecule has 1 fully saturated rings. The van der Waals surface area contributed by atoms with Crippen molar-refractivity contribution in [1.82, 2.24) is 14.8 Å². The van der Waals surface area contributed by atoms with Gasteiger partial charge in [0.25, 0.3) is 11.8 Å². The summed E-state index contributed by atoms with van der Waals surface area (Å²) in [5, 5.41) is 9.88. The molecular formula is C28H28ClN3O4. The number of benzene rings is 2. The van der Waals surface area contributed by atoms with Crippen LogP contribution in [0.1, 0.15) is 63.0 Å². The lowest BCUT2D eigenvalue weighted by molar-refractivity contribution is 0.0694. The van der Waals surface area contributed by atoms with Crippen LogP contribution in [-0.4, -0.2) is 63.9 Å². The molecule has 3 aromatic rings. The smallest absolute Gasteiger partial charge is 0.335 e. The molecule has 4 rings (SSSR count). The van der Waals surface area contributed by atoms with E-state index in [1.165, 1.54) is 0 Å². The first kappa shape index (κ1) is 25.4. The molecule has 8 heteroatoms. The third-order valence-corrected chi connectivity index (χ3v) is 7.00. The Balaban J connectivity index is 1.53. The van der Waals surface area contributed by atoms with E-state index in [9.17, 15) is 19.5 Å². The first-order chi connectivity index (χ1) is 17.3. The molecule has 1 aromatic heterocycles. The van der Waals surface area contributed by atoms with E-state index in [1.54, 1.807) is 46.3 Å². The van der Waals surface area contributed by atoms with Crippen molar-refractivity contribution < 1.29 is 19.5 Å². The Morgan fingerprint density at radius 1 is 1.03 bits per heavy atom. The van der Waals surface area contributed by atoms with Gasteiger partial charge in [0.15, 0.2) is 0 Å². The van der Waals surface area contributed by atoms with E-state index >= 15 is 0 Å². The molecule has 7 nitrogen and oxygen atoms in total. The minimum Gasteiger partial charge on any atom is -0.478 e. The average Bonchev–Trinajstić information content (AvgIpc) is 3.39. The summed E-state index contributed by atoms with van der Waals surface area (Å²) in [4.78, 5) is 45.3.